The molecule has 2 aromatic rings. The number of carbonyl (C=O) groups excluding carboxylic acids is 1. The average Bonchev–Trinajstić information content (AvgIpc) is 2.49. The molecule has 0 heterocycles. The molecule has 0 saturated carbocycles. The molecule has 0 bridgehead atoms. The third kappa shape index (κ3) is 3.32. The number of carbonyl (C=O) groups is 1. The van der Waals surface area contributed by atoms with Gasteiger partial charge >= 0.3 is 0 Å². The minimum atomic E-state index is 0.0184. The molecular weight excluding hydrogens is 234 g/mol. The van der Waals surface area contributed by atoms with Crippen LogP contribution >= 0.6 is 0 Å². The Balaban J connectivity index is 2.31. The monoisotopic (exact) mass is 251 g/mol. The first kappa shape index (κ1) is 13.1. The Morgan fingerprint density at radius 1 is 1.00 bits per heavy atom. The van der Waals surface area contributed by atoms with Crippen molar-refractivity contribution >= 4 is 11.6 Å². The summed E-state index contributed by atoms with van der Waals surface area (Å²) in [5.41, 5.74) is 1.62. The summed E-state index contributed by atoms with van der Waals surface area (Å²) < 4.78 is 0. The number of amides is 1. The lowest BCUT2D eigenvalue weighted by Crippen LogP contribution is -2.31. The molecule has 2 nitrogen and oxygen atoms in total. The Bertz CT molecular complexity index is 546. The highest BCUT2D eigenvalue weighted by Crippen LogP contribution is 2.16. The van der Waals surface area contributed by atoms with E-state index >= 15 is 0 Å². The quantitative estimate of drug-likeness (QED) is 0.754. The van der Waals surface area contributed by atoms with Gasteiger partial charge in [-0.25, -0.2) is 0 Å². The van der Waals surface area contributed by atoms with Gasteiger partial charge in [0, 0.05) is 17.8 Å². The van der Waals surface area contributed by atoms with E-state index in [0.717, 1.165) is 5.69 Å². The number of nitrogens with zero attached hydrogens (tertiary/aromatic N) is 1. The van der Waals surface area contributed by atoms with Gasteiger partial charge in [0.15, 0.2) is 0 Å². The van der Waals surface area contributed by atoms with Crippen LogP contribution in [0.1, 0.15) is 17.3 Å². The van der Waals surface area contributed by atoms with E-state index in [9.17, 15) is 4.79 Å². The maximum Gasteiger partial charge on any atom is 0.258 e. The van der Waals surface area contributed by atoms with E-state index in [1.165, 1.54) is 0 Å². The van der Waals surface area contributed by atoms with Crippen LogP contribution in [0.25, 0.3) is 0 Å². The summed E-state index contributed by atoms with van der Waals surface area (Å²) in [6, 6.07) is 19.1. The zero-order valence-corrected chi connectivity index (χ0v) is 11.0. The normalized spacial score (nSPS) is 10.6. The van der Waals surface area contributed by atoms with Crippen LogP contribution in [0.5, 0.6) is 0 Å². The van der Waals surface area contributed by atoms with Crippen molar-refractivity contribution in [2.75, 3.05) is 11.4 Å². The van der Waals surface area contributed by atoms with E-state index in [1.807, 2.05) is 79.7 Å². The molecule has 0 radical (unpaired) electrons. The Morgan fingerprint density at radius 3 is 2.16 bits per heavy atom. The molecule has 2 rings (SSSR count). The fourth-order valence-electron chi connectivity index (χ4n) is 1.86. The van der Waals surface area contributed by atoms with Gasteiger partial charge in [0.1, 0.15) is 0 Å². The van der Waals surface area contributed by atoms with E-state index in [4.69, 9.17) is 0 Å². The van der Waals surface area contributed by atoms with Gasteiger partial charge in [0.25, 0.3) is 5.91 Å². The van der Waals surface area contributed by atoms with Crippen LogP contribution in [0.2, 0.25) is 0 Å². The van der Waals surface area contributed by atoms with Crippen molar-refractivity contribution in [3.8, 4) is 0 Å². The van der Waals surface area contributed by atoms with Crippen LogP contribution in [0, 0.1) is 0 Å². The summed E-state index contributed by atoms with van der Waals surface area (Å²) in [5, 5.41) is 0. The van der Waals surface area contributed by atoms with Gasteiger partial charge in [0.05, 0.1) is 0 Å². The molecule has 0 unspecified atom stereocenters. The fraction of sp³-hybridized carbons (Fsp3) is 0.118. The van der Waals surface area contributed by atoms with E-state index in [0.29, 0.717) is 12.1 Å². The van der Waals surface area contributed by atoms with E-state index < -0.39 is 0 Å². The van der Waals surface area contributed by atoms with Gasteiger partial charge in [-0.3, -0.25) is 4.79 Å². The molecule has 0 saturated heterocycles. The summed E-state index contributed by atoms with van der Waals surface area (Å²) in [5.74, 6) is 0.0184. The molecule has 0 spiro atoms. The van der Waals surface area contributed by atoms with E-state index in [1.54, 1.807) is 4.90 Å². The Labute approximate surface area is 114 Å². The van der Waals surface area contributed by atoms with Crippen molar-refractivity contribution in [1.29, 1.82) is 0 Å². The second-order valence-corrected chi connectivity index (χ2v) is 4.19. The largest absolute Gasteiger partial charge is 0.305 e. The molecule has 96 valence electrons. The SMILES string of the molecule is CC=CCN(C(=O)c1ccccc1)c1ccccc1. The van der Waals surface area contributed by atoms with Gasteiger partial charge in [-0.2, -0.15) is 0 Å². The minimum Gasteiger partial charge on any atom is -0.305 e. The fourth-order valence-corrected chi connectivity index (χ4v) is 1.86. The van der Waals surface area contributed by atoms with E-state index in [2.05, 4.69) is 0 Å². The highest BCUT2D eigenvalue weighted by molar-refractivity contribution is 6.06. The number of allylic oxidation sites excluding steroid dienone is 1. The predicted molar refractivity (Wildman–Crippen MR) is 79.4 cm³/mol. The Morgan fingerprint density at radius 2 is 1.58 bits per heavy atom. The smallest absolute Gasteiger partial charge is 0.258 e. The number of rotatable bonds is 4. The summed E-state index contributed by atoms with van der Waals surface area (Å²) in [6.07, 6.45) is 3.93. The van der Waals surface area contributed by atoms with Gasteiger partial charge in [-0.05, 0) is 31.2 Å². The predicted octanol–water partition coefficient (Wildman–Crippen LogP) is 3.91. The van der Waals surface area contributed by atoms with Crippen molar-refractivity contribution in [2.24, 2.45) is 0 Å². The summed E-state index contributed by atoms with van der Waals surface area (Å²) in [6.45, 7) is 2.53. The maximum absolute atomic E-state index is 12.5. The standard InChI is InChI=1S/C17H17NO/c1-2-3-14-18(16-12-8-5-9-13-16)17(19)15-10-6-4-7-11-15/h2-13H,14H2,1H3. The molecule has 2 aromatic carbocycles. The number of benzene rings is 2. The van der Waals surface area contributed by atoms with Crippen LogP contribution in [0.3, 0.4) is 0 Å². The van der Waals surface area contributed by atoms with Gasteiger partial charge in [-0.15, -0.1) is 0 Å². The number of para-hydroxylation sites is 1. The van der Waals surface area contributed by atoms with Crippen molar-refractivity contribution in [1.82, 2.24) is 0 Å². The molecule has 0 N–H and O–H groups in total. The van der Waals surface area contributed by atoms with Gasteiger partial charge in [-0.1, -0.05) is 48.6 Å². The average molecular weight is 251 g/mol. The lowest BCUT2D eigenvalue weighted by atomic mass is 10.2. The van der Waals surface area contributed by atoms with Crippen molar-refractivity contribution in [3.63, 3.8) is 0 Å². The summed E-state index contributed by atoms with van der Waals surface area (Å²) in [4.78, 5) is 14.3. The van der Waals surface area contributed by atoms with Crippen LogP contribution < -0.4 is 4.90 Å². The second kappa shape index (κ2) is 6.55. The molecule has 19 heavy (non-hydrogen) atoms. The highest BCUT2D eigenvalue weighted by Gasteiger charge is 2.15. The molecule has 0 aliphatic heterocycles. The number of hydrogen-bond acceptors (Lipinski definition) is 1. The third-order valence-corrected chi connectivity index (χ3v) is 2.86. The Kier molecular flexibility index (Phi) is 4.51. The lowest BCUT2D eigenvalue weighted by Gasteiger charge is -2.21. The van der Waals surface area contributed by atoms with Crippen LogP contribution in [0.15, 0.2) is 72.8 Å². The highest BCUT2D eigenvalue weighted by atomic mass is 16.2. The van der Waals surface area contributed by atoms with Crippen molar-refractivity contribution < 1.29 is 4.79 Å². The molecule has 0 atom stereocenters. The molecule has 0 aliphatic rings. The molecule has 0 aliphatic carbocycles. The van der Waals surface area contributed by atoms with E-state index in [-0.39, 0.29) is 5.91 Å². The number of hydrogen-bond donors (Lipinski definition) is 0. The van der Waals surface area contributed by atoms with Crippen molar-refractivity contribution in [2.45, 2.75) is 6.92 Å². The third-order valence-electron chi connectivity index (χ3n) is 2.86. The van der Waals surface area contributed by atoms with Crippen LogP contribution in [0.4, 0.5) is 5.69 Å². The molecule has 0 aromatic heterocycles. The van der Waals surface area contributed by atoms with Gasteiger partial charge in [0.2, 0.25) is 0 Å². The maximum atomic E-state index is 12.5. The molecule has 1 amide bonds. The molecule has 2 heteroatoms. The lowest BCUT2D eigenvalue weighted by molar-refractivity contribution is 0.0989. The summed E-state index contributed by atoms with van der Waals surface area (Å²) >= 11 is 0. The first-order chi connectivity index (χ1) is 9.33. The minimum absolute atomic E-state index is 0.0184. The summed E-state index contributed by atoms with van der Waals surface area (Å²) in [7, 11) is 0. The molecular formula is C17H17NO. The zero-order valence-electron chi connectivity index (χ0n) is 11.0. The second-order valence-electron chi connectivity index (χ2n) is 4.19. The van der Waals surface area contributed by atoms with Crippen molar-refractivity contribution in [3.05, 3.63) is 78.4 Å². The zero-order chi connectivity index (χ0) is 13.5. The first-order valence-corrected chi connectivity index (χ1v) is 6.36. The van der Waals surface area contributed by atoms with Crippen LogP contribution in [-0.4, -0.2) is 12.5 Å². The van der Waals surface area contributed by atoms with Gasteiger partial charge < -0.3 is 4.90 Å². The first-order valence-electron chi connectivity index (χ1n) is 6.36. The molecule has 0 fully saturated rings. The number of anilines is 1. The van der Waals surface area contributed by atoms with Crippen LogP contribution in [-0.2, 0) is 0 Å². The Hall–Kier alpha value is -2.35. The topological polar surface area (TPSA) is 20.3 Å².